The third-order valence-electron chi connectivity index (χ3n) is 11.1. The van der Waals surface area contributed by atoms with Crippen LogP contribution in [0.1, 0.15) is 124 Å². The van der Waals surface area contributed by atoms with Gasteiger partial charge >= 0.3 is 21.1 Å². The summed E-state index contributed by atoms with van der Waals surface area (Å²) in [5.41, 5.74) is 11.5. The Morgan fingerprint density at radius 3 is 2.10 bits per heavy atom. The van der Waals surface area contributed by atoms with Crippen LogP contribution in [0.2, 0.25) is 0 Å². The Morgan fingerprint density at radius 1 is 0.690 bits per heavy atom. The Balaban J connectivity index is 0.00000567. The van der Waals surface area contributed by atoms with Crippen molar-refractivity contribution in [1.82, 2.24) is 19.3 Å². The van der Waals surface area contributed by atoms with Crippen LogP contribution in [-0.4, -0.2) is 19.3 Å². The van der Waals surface area contributed by atoms with Crippen molar-refractivity contribution in [3.8, 4) is 34.1 Å². The second-order valence-electron chi connectivity index (χ2n) is 18.9. The molecule has 0 atom stereocenters. The second-order valence-corrected chi connectivity index (χ2v) is 18.9. The molecule has 0 aliphatic carbocycles. The smallest absolute Gasteiger partial charge is 0.509 e. The van der Waals surface area contributed by atoms with Crippen LogP contribution in [-0.2, 0) is 51.2 Å². The van der Waals surface area contributed by atoms with E-state index in [9.17, 15) is 0 Å². The number of nitrogens with zero attached hydrogens (tertiary/aromatic N) is 4. The van der Waals surface area contributed by atoms with Crippen LogP contribution in [0, 0.1) is 17.5 Å². The molecule has 0 radical (unpaired) electrons. The second kappa shape index (κ2) is 17.0. The van der Waals surface area contributed by atoms with Crippen LogP contribution >= 0.6 is 0 Å². The van der Waals surface area contributed by atoms with Crippen molar-refractivity contribution >= 4 is 21.8 Å². The quantitative estimate of drug-likeness (QED) is 0.0959. The number of benzene rings is 4. The van der Waals surface area contributed by atoms with Crippen molar-refractivity contribution in [3.05, 3.63) is 131 Å². The minimum Gasteiger partial charge on any atom is -0.509 e. The number of fused-ring (bicyclic) bond motifs is 3. The third-order valence-corrected chi connectivity index (χ3v) is 11.1. The largest absolute Gasteiger partial charge is 2.00 e. The molecule has 5 nitrogen and oxygen atoms in total. The Morgan fingerprint density at radius 2 is 1.43 bits per heavy atom. The molecule has 0 saturated heterocycles. The van der Waals surface area contributed by atoms with Crippen LogP contribution in [0.25, 0.3) is 44.4 Å². The summed E-state index contributed by atoms with van der Waals surface area (Å²) in [4.78, 5) is 4.94. The predicted octanol–water partition coefficient (Wildman–Crippen LogP) is 13.9. The maximum Gasteiger partial charge on any atom is 2.00 e. The van der Waals surface area contributed by atoms with E-state index in [1.807, 2.05) is 12.3 Å². The maximum atomic E-state index is 6.80. The summed E-state index contributed by atoms with van der Waals surface area (Å²) in [7, 11) is 0. The zero-order valence-corrected chi connectivity index (χ0v) is 38.7. The van der Waals surface area contributed by atoms with Gasteiger partial charge in [0.05, 0.1) is 5.69 Å². The van der Waals surface area contributed by atoms with Gasteiger partial charge in [-0.25, -0.2) is 4.98 Å². The van der Waals surface area contributed by atoms with Crippen LogP contribution in [0.15, 0.2) is 91.1 Å². The number of unbranched alkanes of at least 4 members (excludes halogenated alkanes) is 1. The van der Waals surface area contributed by atoms with Crippen LogP contribution in [0.3, 0.4) is 0 Å². The number of hydrogen-bond acceptors (Lipinski definition) is 3. The summed E-state index contributed by atoms with van der Waals surface area (Å²) in [5, 5.41) is 7.55. The van der Waals surface area contributed by atoms with E-state index < -0.39 is 0 Å². The molecule has 0 saturated carbocycles. The van der Waals surface area contributed by atoms with E-state index in [1.54, 1.807) is 0 Å². The first-order chi connectivity index (χ1) is 27.0. The van der Waals surface area contributed by atoms with Crippen molar-refractivity contribution in [3.63, 3.8) is 0 Å². The van der Waals surface area contributed by atoms with Gasteiger partial charge in [0.25, 0.3) is 0 Å². The molecule has 0 aliphatic heterocycles. The van der Waals surface area contributed by atoms with Gasteiger partial charge in [-0.1, -0.05) is 131 Å². The zero-order valence-electron chi connectivity index (χ0n) is 36.4. The monoisotopic (exact) mass is 951 g/mol. The fraction of sp³-hybridized carbons (Fsp3) is 0.385. The molecule has 4 aromatic carbocycles. The Kier molecular flexibility index (Phi) is 12.7. The van der Waals surface area contributed by atoms with Crippen molar-refractivity contribution in [2.75, 3.05) is 0 Å². The molecule has 7 aromatic rings. The third kappa shape index (κ3) is 9.21. The molecule has 0 amide bonds. The molecule has 0 spiro atoms. The number of ether oxygens (including phenoxy) is 1. The summed E-state index contributed by atoms with van der Waals surface area (Å²) < 4.78 is 11.1. The first kappa shape index (κ1) is 43.1. The van der Waals surface area contributed by atoms with E-state index in [1.165, 1.54) is 52.6 Å². The van der Waals surface area contributed by atoms with Gasteiger partial charge in [-0.2, -0.15) is 11.2 Å². The summed E-state index contributed by atoms with van der Waals surface area (Å²) >= 11 is 0. The van der Waals surface area contributed by atoms with Gasteiger partial charge in [-0.15, -0.1) is 41.3 Å². The van der Waals surface area contributed by atoms with E-state index in [-0.39, 0.29) is 31.9 Å². The van der Waals surface area contributed by atoms with Gasteiger partial charge in [0.1, 0.15) is 5.82 Å². The van der Waals surface area contributed by atoms with Gasteiger partial charge in [-0.3, -0.25) is 4.68 Å². The standard InChI is InChI=1S/C52H60N4O.Pt/c1-12-44-49(36-20-15-14-16-21-36)45(13-2)56(54-44)39-30-38(52(9,10)11)31-41(33-39)57-40-23-24-42-43-29-35(19-17-18-27-50(3,4)5)22-25-46(43)55(47(42)34-40)48-32-37(26-28-53-48)51(6,7)8;/h14-16,20-26,28-32H,12-13,17-19,27H2,1-11H3;/q-2;+2. The van der Waals surface area contributed by atoms with Gasteiger partial charge in [0, 0.05) is 34.5 Å². The minimum atomic E-state index is -0.133. The van der Waals surface area contributed by atoms with Crippen molar-refractivity contribution in [2.24, 2.45) is 5.41 Å². The first-order valence-corrected chi connectivity index (χ1v) is 20.9. The van der Waals surface area contributed by atoms with E-state index >= 15 is 0 Å². The van der Waals surface area contributed by atoms with Gasteiger partial charge in [0.2, 0.25) is 0 Å². The van der Waals surface area contributed by atoms with Crippen LogP contribution < -0.4 is 4.74 Å². The minimum absolute atomic E-state index is 0. The molecule has 0 N–H and O–H groups in total. The number of pyridine rings is 1. The normalized spacial score (nSPS) is 12.3. The number of rotatable bonds is 11. The summed E-state index contributed by atoms with van der Waals surface area (Å²) in [5.74, 6) is 2.15. The molecule has 6 heteroatoms. The average molecular weight is 952 g/mol. The molecule has 0 aliphatic rings. The molecule has 3 heterocycles. The van der Waals surface area contributed by atoms with Crippen molar-refractivity contribution in [2.45, 2.75) is 126 Å². The molecule has 0 bridgehead atoms. The Labute approximate surface area is 361 Å². The number of hydrogen-bond donors (Lipinski definition) is 0. The molecule has 0 unspecified atom stereocenters. The van der Waals surface area contributed by atoms with E-state index in [4.69, 9.17) is 14.8 Å². The fourth-order valence-electron chi connectivity index (χ4n) is 7.88. The van der Waals surface area contributed by atoms with Crippen molar-refractivity contribution in [1.29, 1.82) is 0 Å². The average Bonchev–Trinajstić information content (AvgIpc) is 3.71. The van der Waals surface area contributed by atoms with Crippen molar-refractivity contribution < 1.29 is 25.8 Å². The molecule has 3 aromatic heterocycles. The SMILES string of the molecule is CCc1nn(-c2[c-]c(Oc3[c-]c4c(cc3)c3cc(CCCCC(C)(C)C)ccc3n4-c3cc(C(C)(C)C)ccn3)cc(C(C)(C)C)c2)c(CC)c1-c1ccccc1.[Pt+2]. The molecular weight excluding hydrogens is 892 g/mol. The number of aromatic nitrogens is 4. The Hall–Kier alpha value is -4.47. The van der Waals surface area contributed by atoms with Crippen LogP contribution in [0.4, 0.5) is 0 Å². The van der Waals surface area contributed by atoms with Gasteiger partial charge < -0.3 is 9.30 Å². The maximum absolute atomic E-state index is 6.80. The predicted molar refractivity (Wildman–Crippen MR) is 238 cm³/mol. The zero-order chi connectivity index (χ0) is 40.7. The fourth-order valence-corrected chi connectivity index (χ4v) is 7.88. The van der Waals surface area contributed by atoms with Gasteiger partial charge in [-0.05, 0) is 94.3 Å². The molecule has 7 rings (SSSR count). The Bertz CT molecular complexity index is 2520. The topological polar surface area (TPSA) is 44.9 Å². The molecule has 304 valence electrons. The summed E-state index contributed by atoms with van der Waals surface area (Å²) in [6.45, 7) is 24.8. The molecule has 0 fully saturated rings. The van der Waals surface area contributed by atoms with E-state index in [2.05, 4.69) is 176 Å². The number of aryl methyl sites for hydroxylation is 2. The molecular formula is C52H60N4OPt. The first-order valence-electron chi connectivity index (χ1n) is 20.9. The van der Waals surface area contributed by atoms with E-state index in [0.717, 1.165) is 58.4 Å². The molecule has 58 heavy (non-hydrogen) atoms. The summed E-state index contributed by atoms with van der Waals surface area (Å²) in [6.07, 6.45) is 8.30. The summed E-state index contributed by atoms with van der Waals surface area (Å²) in [6, 6.07) is 37.8. The van der Waals surface area contributed by atoms with E-state index in [0.29, 0.717) is 16.9 Å². The van der Waals surface area contributed by atoms with Gasteiger partial charge in [0.15, 0.2) is 0 Å². The van der Waals surface area contributed by atoms with Crippen LogP contribution in [0.5, 0.6) is 11.5 Å².